The van der Waals surface area contributed by atoms with Crippen molar-refractivity contribution in [3.05, 3.63) is 0 Å². The van der Waals surface area contributed by atoms with E-state index >= 15 is 0 Å². The Bertz CT molecular complexity index is 380. The molecule has 19 heavy (non-hydrogen) atoms. The molecule has 0 atom stereocenters. The maximum atomic E-state index is 11.3. The molecule has 0 aromatic carbocycles. The Balaban J connectivity index is 4.17. The second-order valence-electron chi connectivity index (χ2n) is 4.76. The third-order valence-electron chi connectivity index (χ3n) is 1.88. The van der Waals surface area contributed by atoms with Crippen LogP contribution in [0, 0.1) is 0 Å². The van der Waals surface area contributed by atoms with Crippen LogP contribution in [0.3, 0.4) is 0 Å². The molecule has 0 aliphatic heterocycles. The average molecular weight is 317 g/mol. The topological polar surface area (TPSA) is 84.9 Å². The lowest BCUT2D eigenvalue weighted by molar-refractivity contribution is 0.0525. The predicted octanol–water partition coefficient (Wildman–Crippen LogP) is 0.943. The van der Waals surface area contributed by atoms with Crippen LogP contribution in [0.15, 0.2) is 0 Å². The smallest absolute Gasteiger partial charge is 0.407 e. The van der Waals surface area contributed by atoms with Crippen molar-refractivity contribution in [3.63, 3.8) is 0 Å². The van der Waals surface area contributed by atoms with Crippen molar-refractivity contribution in [2.45, 2.75) is 26.4 Å². The summed E-state index contributed by atoms with van der Waals surface area (Å²) < 4.78 is 33.3. The number of nitrogens with one attached hydrogen (secondary N) is 1. The van der Waals surface area contributed by atoms with Crippen LogP contribution in [0.2, 0.25) is 0 Å². The monoisotopic (exact) mass is 316 g/mol. The van der Waals surface area contributed by atoms with Crippen LogP contribution < -0.4 is 5.32 Å². The van der Waals surface area contributed by atoms with E-state index in [0.29, 0.717) is 0 Å². The molecule has 0 spiro atoms. The number of amides is 1. The molecule has 0 saturated carbocycles. The van der Waals surface area contributed by atoms with Crippen LogP contribution in [0.1, 0.15) is 20.8 Å². The van der Waals surface area contributed by atoms with Crippen molar-refractivity contribution >= 4 is 26.0 Å². The van der Waals surface area contributed by atoms with Gasteiger partial charge >= 0.3 is 6.09 Å². The lowest BCUT2D eigenvalue weighted by Gasteiger charge is -2.21. The quantitative estimate of drug-likeness (QED) is 0.707. The van der Waals surface area contributed by atoms with E-state index in [0.717, 1.165) is 4.31 Å². The highest BCUT2D eigenvalue weighted by Gasteiger charge is 2.20. The highest BCUT2D eigenvalue weighted by Crippen LogP contribution is 2.07. The Kier molecular flexibility index (Phi) is 7.65. The summed E-state index contributed by atoms with van der Waals surface area (Å²) in [4.78, 5) is 11.3. The number of nitrogens with zero attached hydrogens (tertiary/aromatic N) is 1. The van der Waals surface area contributed by atoms with E-state index in [-0.39, 0.29) is 26.2 Å². The molecule has 7 nitrogen and oxygen atoms in total. The minimum atomic E-state index is -3.84. The maximum Gasteiger partial charge on any atom is 0.407 e. The number of rotatable bonds is 7. The first-order valence-corrected chi connectivity index (χ1v) is 7.98. The second-order valence-corrected chi connectivity index (χ2v) is 7.27. The van der Waals surface area contributed by atoms with Gasteiger partial charge in [-0.25, -0.2) is 4.79 Å². The van der Waals surface area contributed by atoms with Crippen molar-refractivity contribution in [1.29, 1.82) is 0 Å². The van der Waals surface area contributed by atoms with Gasteiger partial charge in [0.2, 0.25) is 0 Å². The summed E-state index contributed by atoms with van der Waals surface area (Å²) in [6, 6.07) is 0. The summed E-state index contributed by atoms with van der Waals surface area (Å²) in [5, 5.41) is 2.45. The number of carbonyl (C=O) groups excluding carboxylic acids is 1. The molecule has 0 radical (unpaired) electrons. The Morgan fingerprint density at radius 1 is 1.32 bits per heavy atom. The van der Waals surface area contributed by atoms with Crippen molar-refractivity contribution in [2.75, 3.05) is 33.4 Å². The van der Waals surface area contributed by atoms with Gasteiger partial charge in [-0.2, -0.15) is 12.7 Å². The highest BCUT2D eigenvalue weighted by molar-refractivity contribution is 8.11. The van der Waals surface area contributed by atoms with Gasteiger partial charge in [-0.15, -0.1) is 0 Å². The Labute approximate surface area is 118 Å². The van der Waals surface area contributed by atoms with Gasteiger partial charge < -0.3 is 14.8 Å². The van der Waals surface area contributed by atoms with Gasteiger partial charge in [0.05, 0.1) is 6.61 Å². The van der Waals surface area contributed by atoms with E-state index in [1.54, 1.807) is 20.8 Å². The zero-order valence-corrected chi connectivity index (χ0v) is 13.2. The number of hydrogen-bond donors (Lipinski definition) is 1. The normalized spacial score (nSPS) is 12.5. The van der Waals surface area contributed by atoms with Crippen molar-refractivity contribution in [3.8, 4) is 0 Å². The van der Waals surface area contributed by atoms with E-state index in [9.17, 15) is 13.2 Å². The molecule has 0 aliphatic carbocycles. The zero-order chi connectivity index (χ0) is 15.1. The number of alkyl carbamates (subject to hydrolysis) is 1. The van der Waals surface area contributed by atoms with Gasteiger partial charge in [-0.05, 0) is 20.8 Å². The molecule has 0 unspecified atom stereocenters. The molecule has 0 saturated heterocycles. The standard InChI is InChI=1S/C10H21ClN2O5S/c1-10(2,3)18-9(14)12-5-6-13(7-8-17-4)19(11,15)16/h5-8H2,1-4H3,(H,12,14). The first kappa shape index (κ1) is 18.4. The fourth-order valence-electron chi connectivity index (χ4n) is 1.12. The summed E-state index contributed by atoms with van der Waals surface area (Å²) >= 11 is 0. The predicted molar refractivity (Wildman–Crippen MR) is 72.5 cm³/mol. The lowest BCUT2D eigenvalue weighted by atomic mass is 10.2. The first-order chi connectivity index (χ1) is 8.56. The zero-order valence-electron chi connectivity index (χ0n) is 11.6. The number of halogens is 1. The van der Waals surface area contributed by atoms with Crippen molar-refractivity contribution in [2.24, 2.45) is 0 Å². The van der Waals surface area contributed by atoms with Gasteiger partial charge in [0.15, 0.2) is 0 Å². The van der Waals surface area contributed by atoms with Gasteiger partial charge in [0.25, 0.3) is 9.24 Å². The number of hydrogen-bond acceptors (Lipinski definition) is 5. The molecule has 0 rings (SSSR count). The van der Waals surface area contributed by atoms with E-state index in [2.05, 4.69) is 5.32 Å². The van der Waals surface area contributed by atoms with Crippen LogP contribution in [-0.2, 0) is 18.7 Å². The fraction of sp³-hybridized carbons (Fsp3) is 0.900. The minimum Gasteiger partial charge on any atom is -0.444 e. The van der Waals surface area contributed by atoms with Crippen LogP contribution in [0.5, 0.6) is 0 Å². The molecular weight excluding hydrogens is 296 g/mol. The van der Waals surface area contributed by atoms with Gasteiger partial charge in [0, 0.05) is 37.4 Å². The summed E-state index contributed by atoms with van der Waals surface area (Å²) in [7, 11) is 2.87. The number of carbonyl (C=O) groups is 1. The van der Waals surface area contributed by atoms with Crippen molar-refractivity contribution < 1.29 is 22.7 Å². The molecule has 0 fully saturated rings. The Morgan fingerprint density at radius 2 is 1.89 bits per heavy atom. The third kappa shape index (κ3) is 9.94. The minimum absolute atomic E-state index is 0.0500. The summed E-state index contributed by atoms with van der Waals surface area (Å²) in [5.41, 5.74) is -0.599. The van der Waals surface area contributed by atoms with Crippen LogP contribution >= 0.6 is 10.7 Å². The lowest BCUT2D eigenvalue weighted by Crippen LogP contribution is -2.40. The summed E-state index contributed by atoms with van der Waals surface area (Å²) in [6.45, 7) is 5.71. The molecule has 1 amide bonds. The Morgan fingerprint density at radius 3 is 2.32 bits per heavy atom. The molecule has 1 N–H and O–H groups in total. The Hall–Kier alpha value is -0.570. The molecule has 0 aromatic heterocycles. The number of methoxy groups -OCH3 is 1. The summed E-state index contributed by atoms with van der Waals surface area (Å²) in [5.74, 6) is 0. The SMILES string of the molecule is COCCN(CCNC(=O)OC(C)(C)C)S(=O)(=O)Cl. The molecule has 0 bridgehead atoms. The molecule has 0 aromatic rings. The maximum absolute atomic E-state index is 11.3. The van der Waals surface area contributed by atoms with Crippen LogP contribution in [0.4, 0.5) is 4.79 Å². The van der Waals surface area contributed by atoms with Crippen molar-refractivity contribution in [1.82, 2.24) is 9.62 Å². The van der Waals surface area contributed by atoms with Gasteiger partial charge in [0.1, 0.15) is 5.60 Å². The molecule has 9 heteroatoms. The van der Waals surface area contributed by atoms with E-state index in [1.807, 2.05) is 0 Å². The average Bonchev–Trinajstić information content (AvgIpc) is 2.18. The van der Waals surface area contributed by atoms with Crippen LogP contribution in [0.25, 0.3) is 0 Å². The van der Waals surface area contributed by atoms with Gasteiger partial charge in [-0.1, -0.05) is 0 Å². The third-order valence-corrected chi connectivity index (χ3v) is 3.45. The second kappa shape index (κ2) is 7.88. The van der Waals surface area contributed by atoms with Gasteiger partial charge in [-0.3, -0.25) is 0 Å². The molecule has 114 valence electrons. The first-order valence-electron chi connectivity index (χ1n) is 5.72. The molecule has 0 aliphatic rings. The van der Waals surface area contributed by atoms with E-state index < -0.39 is 20.9 Å². The fourth-order valence-corrected chi connectivity index (χ4v) is 2.14. The van der Waals surface area contributed by atoms with E-state index in [4.69, 9.17) is 20.2 Å². The number of ether oxygens (including phenoxy) is 2. The molecule has 0 heterocycles. The van der Waals surface area contributed by atoms with Crippen LogP contribution in [-0.4, -0.2) is 57.8 Å². The largest absolute Gasteiger partial charge is 0.444 e. The van der Waals surface area contributed by atoms with E-state index in [1.165, 1.54) is 7.11 Å². The molecular formula is C10H21ClN2O5S. The summed E-state index contributed by atoms with van der Waals surface area (Å²) in [6.07, 6.45) is -0.605. The highest BCUT2D eigenvalue weighted by atomic mass is 35.7.